The van der Waals surface area contributed by atoms with E-state index in [1.165, 1.54) is 11.3 Å². The molecule has 1 aromatic heterocycles. The van der Waals surface area contributed by atoms with Crippen LogP contribution in [0.2, 0.25) is 0 Å². The number of alkyl halides is 1. The second-order valence-electron chi connectivity index (χ2n) is 9.05. The number of carbonyl (C=O) groups is 1. The highest BCUT2D eigenvalue weighted by Crippen LogP contribution is 2.31. The Morgan fingerprint density at radius 1 is 1.34 bits per heavy atom. The maximum atomic E-state index is 13.5. The van der Waals surface area contributed by atoms with Crippen molar-refractivity contribution in [3.8, 4) is 0 Å². The van der Waals surface area contributed by atoms with E-state index >= 15 is 0 Å². The molecule has 3 N–H and O–H groups in total. The Balaban J connectivity index is 1.63. The van der Waals surface area contributed by atoms with Gasteiger partial charge < -0.3 is 20.3 Å². The van der Waals surface area contributed by atoms with Crippen LogP contribution in [-0.4, -0.2) is 83.0 Å². The van der Waals surface area contributed by atoms with E-state index in [-0.39, 0.29) is 25.0 Å². The predicted molar refractivity (Wildman–Crippen MR) is 135 cm³/mol. The summed E-state index contributed by atoms with van der Waals surface area (Å²) in [5, 5.41) is 9.31. The molecule has 35 heavy (non-hydrogen) atoms. The van der Waals surface area contributed by atoms with Crippen molar-refractivity contribution in [1.29, 1.82) is 0 Å². The van der Waals surface area contributed by atoms with Gasteiger partial charge >= 0.3 is 0 Å². The Bertz CT molecular complexity index is 1120. The molecule has 10 nitrogen and oxygen atoms in total. The standard InChI is InChI=1S/C22H30FN7O3S2/c1-14(2)20(31)30-6-4-29(5-7-30)19-9-16(35(32)28-22(11-23)12-33-13-22)8-18(24)17(19)10-25-21-27-26-15(3)34-21/h8-10,14,28H,4-7,11-13,24H2,1-3H3/b25-10+. The molecular weight excluding hydrogens is 493 g/mol. The summed E-state index contributed by atoms with van der Waals surface area (Å²) in [5.74, 6) is 0.0567. The van der Waals surface area contributed by atoms with Crippen LogP contribution in [0.25, 0.3) is 0 Å². The number of anilines is 2. The van der Waals surface area contributed by atoms with Crippen molar-refractivity contribution in [3.05, 3.63) is 22.7 Å². The molecule has 1 atom stereocenters. The van der Waals surface area contributed by atoms with E-state index in [0.717, 1.165) is 10.7 Å². The first kappa shape index (κ1) is 25.6. The average Bonchev–Trinajstić information content (AvgIpc) is 3.24. The zero-order chi connectivity index (χ0) is 25.2. The van der Waals surface area contributed by atoms with Crippen molar-refractivity contribution in [2.75, 3.05) is 56.7 Å². The normalized spacial score (nSPS) is 18.8. The van der Waals surface area contributed by atoms with Crippen molar-refractivity contribution in [2.24, 2.45) is 10.9 Å². The van der Waals surface area contributed by atoms with Gasteiger partial charge in [0.1, 0.15) is 28.2 Å². The lowest BCUT2D eigenvalue weighted by molar-refractivity contribution is -0.134. The van der Waals surface area contributed by atoms with Gasteiger partial charge in [-0.3, -0.25) is 4.79 Å². The summed E-state index contributed by atoms with van der Waals surface area (Å²) < 4.78 is 34.6. The first-order chi connectivity index (χ1) is 16.7. The van der Waals surface area contributed by atoms with Gasteiger partial charge in [-0.05, 0) is 19.1 Å². The Hall–Kier alpha value is -2.48. The lowest BCUT2D eigenvalue weighted by Gasteiger charge is -2.39. The van der Waals surface area contributed by atoms with Gasteiger partial charge in [0.25, 0.3) is 0 Å². The highest BCUT2D eigenvalue weighted by molar-refractivity contribution is 7.83. The fraction of sp³-hybridized carbons (Fsp3) is 0.545. The van der Waals surface area contributed by atoms with Crippen molar-refractivity contribution in [1.82, 2.24) is 19.8 Å². The van der Waals surface area contributed by atoms with Gasteiger partial charge in [-0.25, -0.2) is 18.3 Å². The van der Waals surface area contributed by atoms with E-state index in [0.29, 0.717) is 47.5 Å². The fourth-order valence-electron chi connectivity index (χ4n) is 3.90. The molecule has 0 spiro atoms. The monoisotopic (exact) mass is 523 g/mol. The number of hydrogen-bond acceptors (Lipinski definition) is 9. The summed E-state index contributed by atoms with van der Waals surface area (Å²) in [6, 6.07) is 3.40. The number of rotatable bonds is 8. The molecule has 0 bridgehead atoms. The number of aryl methyl sites for hydroxylation is 1. The first-order valence-electron chi connectivity index (χ1n) is 11.4. The number of nitrogen functional groups attached to an aromatic ring is 1. The first-order valence-corrected chi connectivity index (χ1v) is 13.3. The Morgan fingerprint density at radius 3 is 2.60 bits per heavy atom. The SMILES string of the molecule is Cc1nnc(/N=C/c2c(N)cc(S(=O)NC3(CF)COC3)cc2N2CCN(C(=O)C(C)C)CC2)s1. The van der Waals surface area contributed by atoms with Crippen LogP contribution in [0.1, 0.15) is 24.4 Å². The number of nitrogens with one attached hydrogen (secondary N) is 1. The number of halogens is 1. The molecule has 2 aliphatic heterocycles. The minimum Gasteiger partial charge on any atom is -0.398 e. The molecule has 2 aromatic rings. The molecule has 0 aliphatic carbocycles. The molecule has 3 heterocycles. The largest absolute Gasteiger partial charge is 0.398 e. The molecular formula is C22H30FN7O3S2. The number of hydrogen-bond donors (Lipinski definition) is 2. The summed E-state index contributed by atoms with van der Waals surface area (Å²) in [5.41, 5.74) is 7.27. The summed E-state index contributed by atoms with van der Waals surface area (Å²) in [6.07, 6.45) is 1.64. The number of nitrogens with two attached hydrogens (primary N) is 1. The molecule has 13 heteroatoms. The molecule has 4 rings (SSSR count). The minimum absolute atomic E-state index is 0.0645. The van der Waals surface area contributed by atoms with Crippen LogP contribution < -0.4 is 15.4 Å². The fourth-order valence-corrected chi connectivity index (χ4v) is 5.57. The number of ether oxygens (including phenoxy) is 1. The second-order valence-corrected chi connectivity index (χ2v) is 11.4. The van der Waals surface area contributed by atoms with Gasteiger partial charge in [-0.2, -0.15) is 0 Å². The van der Waals surface area contributed by atoms with Gasteiger partial charge in [0, 0.05) is 55.2 Å². The molecule has 1 aromatic carbocycles. The number of amides is 1. The van der Waals surface area contributed by atoms with E-state index < -0.39 is 23.2 Å². The lowest BCUT2D eigenvalue weighted by atomic mass is 10.0. The van der Waals surface area contributed by atoms with Crippen molar-refractivity contribution in [2.45, 2.75) is 31.2 Å². The van der Waals surface area contributed by atoms with Crippen molar-refractivity contribution >= 4 is 51.0 Å². The van der Waals surface area contributed by atoms with E-state index in [1.54, 1.807) is 18.3 Å². The number of aromatic nitrogens is 2. The Labute approximate surface area is 210 Å². The minimum atomic E-state index is -1.70. The molecule has 1 unspecified atom stereocenters. The average molecular weight is 524 g/mol. The van der Waals surface area contributed by atoms with Gasteiger partial charge in [-0.1, -0.05) is 25.2 Å². The highest BCUT2D eigenvalue weighted by atomic mass is 32.2. The third-order valence-corrected chi connectivity index (χ3v) is 7.97. The Morgan fingerprint density at radius 2 is 2.06 bits per heavy atom. The van der Waals surface area contributed by atoms with E-state index in [9.17, 15) is 13.4 Å². The maximum absolute atomic E-state index is 13.5. The highest BCUT2D eigenvalue weighted by Gasteiger charge is 2.40. The smallest absolute Gasteiger partial charge is 0.231 e. The summed E-state index contributed by atoms with van der Waals surface area (Å²) in [7, 11) is -1.70. The number of aliphatic imine (C=N–C) groups is 1. The number of nitrogens with zero attached hydrogens (tertiary/aromatic N) is 5. The summed E-state index contributed by atoms with van der Waals surface area (Å²) in [4.78, 5) is 21.3. The molecule has 2 fully saturated rings. The zero-order valence-electron chi connectivity index (χ0n) is 20.0. The number of benzene rings is 1. The quantitative estimate of drug-likeness (QED) is 0.399. The third-order valence-electron chi connectivity index (χ3n) is 5.94. The maximum Gasteiger partial charge on any atom is 0.231 e. The van der Waals surface area contributed by atoms with Gasteiger partial charge in [0.15, 0.2) is 0 Å². The van der Waals surface area contributed by atoms with Crippen molar-refractivity contribution < 1.29 is 18.1 Å². The molecule has 2 saturated heterocycles. The van der Waals surface area contributed by atoms with Crippen LogP contribution in [-0.2, 0) is 20.5 Å². The molecule has 1 amide bonds. The van der Waals surface area contributed by atoms with Gasteiger partial charge in [0.05, 0.1) is 18.1 Å². The predicted octanol–water partition coefficient (Wildman–Crippen LogP) is 1.83. The van der Waals surface area contributed by atoms with Crippen LogP contribution in [0.3, 0.4) is 0 Å². The van der Waals surface area contributed by atoms with E-state index in [4.69, 9.17) is 10.5 Å². The summed E-state index contributed by atoms with van der Waals surface area (Å²) in [6.45, 7) is 7.58. The summed E-state index contributed by atoms with van der Waals surface area (Å²) >= 11 is 1.36. The van der Waals surface area contributed by atoms with E-state index in [1.807, 2.05) is 25.7 Å². The topological polar surface area (TPSA) is 126 Å². The third kappa shape index (κ3) is 5.68. The molecule has 0 saturated carbocycles. The Kier molecular flexibility index (Phi) is 7.79. The zero-order valence-corrected chi connectivity index (χ0v) is 21.6. The van der Waals surface area contributed by atoms with Crippen LogP contribution in [0.5, 0.6) is 0 Å². The van der Waals surface area contributed by atoms with Gasteiger partial charge in [-0.15, -0.1) is 10.2 Å². The van der Waals surface area contributed by atoms with Crippen LogP contribution in [0, 0.1) is 12.8 Å². The van der Waals surface area contributed by atoms with E-state index in [2.05, 4.69) is 24.8 Å². The number of piperazine rings is 1. The molecule has 190 valence electrons. The lowest BCUT2D eigenvalue weighted by Crippen LogP contribution is -2.62. The second kappa shape index (κ2) is 10.6. The van der Waals surface area contributed by atoms with Crippen molar-refractivity contribution in [3.63, 3.8) is 0 Å². The number of carbonyl (C=O) groups excluding carboxylic acids is 1. The molecule has 0 radical (unpaired) electrons. The van der Waals surface area contributed by atoms with Crippen LogP contribution in [0.4, 0.5) is 20.9 Å². The van der Waals surface area contributed by atoms with Gasteiger partial charge in [0.2, 0.25) is 11.0 Å². The van der Waals surface area contributed by atoms with Crippen LogP contribution >= 0.6 is 11.3 Å². The van der Waals surface area contributed by atoms with Crippen LogP contribution in [0.15, 0.2) is 22.0 Å². The molecule has 2 aliphatic rings.